The van der Waals surface area contributed by atoms with E-state index in [0.717, 1.165) is 30.0 Å². The Morgan fingerprint density at radius 2 is 2.05 bits per heavy atom. The molecule has 1 amide bonds. The summed E-state index contributed by atoms with van der Waals surface area (Å²) in [5, 5.41) is 7.00. The molecular formula is C15H19N3O3. The molecular weight excluding hydrogens is 270 g/mol. The number of hydrazone groups is 1. The van der Waals surface area contributed by atoms with Crippen LogP contribution < -0.4 is 15.5 Å². The molecule has 0 atom stereocenters. The third-order valence-corrected chi connectivity index (χ3v) is 3.20. The quantitative estimate of drug-likeness (QED) is 0.809. The van der Waals surface area contributed by atoms with Crippen LogP contribution in [0, 0.1) is 0 Å². The Morgan fingerprint density at radius 3 is 2.71 bits per heavy atom. The van der Waals surface area contributed by atoms with Crippen molar-refractivity contribution in [3.8, 4) is 5.75 Å². The van der Waals surface area contributed by atoms with E-state index in [2.05, 4.69) is 15.8 Å². The van der Waals surface area contributed by atoms with Gasteiger partial charge in [-0.25, -0.2) is 5.43 Å². The van der Waals surface area contributed by atoms with E-state index in [1.807, 2.05) is 24.3 Å². The SMILES string of the molecule is COc1ccc(NCC(=O)N/N=C2\CCCC(=O)C2)cc1. The highest BCUT2D eigenvalue weighted by Gasteiger charge is 2.14. The topological polar surface area (TPSA) is 79.8 Å². The first kappa shape index (κ1) is 15.0. The average molecular weight is 289 g/mol. The highest BCUT2D eigenvalue weighted by atomic mass is 16.5. The lowest BCUT2D eigenvalue weighted by atomic mass is 9.97. The molecule has 0 aromatic heterocycles. The zero-order valence-electron chi connectivity index (χ0n) is 12.0. The van der Waals surface area contributed by atoms with Crippen molar-refractivity contribution < 1.29 is 14.3 Å². The molecule has 0 radical (unpaired) electrons. The van der Waals surface area contributed by atoms with Gasteiger partial charge in [0.1, 0.15) is 11.5 Å². The Labute approximate surface area is 123 Å². The third kappa shape index (κ3) is 4.91. The molecule has 6 nitrogen and oxygen atoms in total. The van der Waals surface area contributed by atoms with Crippen LogP contribution >= 0.6 is 0 Å². The second-order valence-corrected chi connectivity index (χ2v) is 4.86. The number of nitrogens with one attached hydrogen (secondary N) is 2. The number of hydrogen-bond acceptors (Lipinski definition) is 5. The van der Waals surface area contributed by atoms with E-state index in [4.69, 9.17) is 4.74 Å². The standard InChI is InChI=1S/C15H19N3O3/c1-21-14-7-5-11(6-8-14)16-10-15(20)18-17-12-3-2-4-13(19)9-12/h5-8,16H,2-4,9-10H2,1H3,(H,18,20)/b17-12+. The number of nitrogens with zero attached hydrogens (tertiary/aromatic N) is 1. The molecule has 1 saturated carbocycles. The average Bonchev–Trinajstić information content (AvgIpc) is 2.51. The maximum Gasteiger partial charge on any atom is 0.259 e. The minimum Gasteiger partial charge on any atom is -0.497 e. The summed E-state index contributed by atoms with van der Waals surface area (Å²) in [5.74, 6) is 0.709. The smallest absolute Gasteiger partial charge is 0.259 e. The van der Waals surface area contributed by atoms with Crippen LogP contribution in [0.5, 0.6) is 5.75 Å². The second-order valence-electron chi connectivity index (χ2n) is 4.86. The Hall–Kier alpha value is -2.37. The lowest BCUT2D eigenvalue weighted by molar-refractivity contribution is -0.120. The summed E-state index contributed by atoms with van der Waals surface area (Å²) >= 11 is 0. The number of anilines is 1. The van der Waals surface area contributed by atoms with Crippen molar-refractivity contribution in [2.45, 2.75) is 25.7 Å². The Morgan fingerprint density at radius 1 is 1.29 bits per heavy atom. The van der Waals surface area contributed by atoms with E-state index < -0.39 is 0 Å². The lowest BCUT2D eigenvalue weighted by Crippen LogP contribution is -2.28. The summed E-state index contributed by atoms with van der Waals surface area (Å²) < 4.78 is 5.06. The molecule has 0 bridgehead atoms. The van der Waals surface area contributed by atoms with Gasteiger partial charge in [-0.15, -0.1) is 0 Å². The maximum atomic E-state index is 11.7. The van der Waals surface area contributed by atoms with Gasteiger partial charge in [-0.3, -0.25) is 9.59 Å². The molecule has 0 unspecified atom stereocenters. The molecule has 2 rings (SSSR count). The van der Waals surface area contributed by atoms with Gasteiger partial charge in [0.25, 0.3) is 5.91 Å². The van der Waals surface area contributed by atoms with Crippen molar-refractivity contribution in [1.82, 2.24) is 5.43 Å². The molecule has 0 saturated heterocycles. The van der Waals surface area contributed by atoms with Crippen LogP contribution in [-0.4, -0.2) is 31.1 Å². The van der Waals surface area contributed by atoms with Gasteiger partial charge < -0.3 is 10.1 Å². The third-order valence-electron chi connectivity index (χ3n) is 3.20. The van der Waals surface area contributed by atoms with Crippen LogP contribution in [0.2, 0.25) is 0 Å². The molecule has 1 aliphatic carbocycles. The fraction of sp³-hybridized carbons (Fsp3) is 0.400. The van der Waals surface area contributed by atoms with Crippen molar-refractivity contribution in [3.63, 3.8) is 0 Å². The van der Waals surface area contributed by atoms with Gasteiger partial charge in [-0.2, -0.15) is 5.10 Å². The molecule has 1 aliphatic rings. The molecule has 1 aromatic carbocycles. The summed E-state index contributed by atoms with van der Waals surface area (Å²) in [5.41, 5.74) is 4.05. The number of hydrogen-bond donors (Lipinski definition) is 2. The van der Waals surface area contributed by atoms with Gasteiger partial charge in [0.2, 0.25) is 0 Å². The summed E-state index contributed by atoms with van der Waals surface area (Å²) in [7, 11) is 1.60. The second kappa shape index (κ2) is 7.42. The molecule has 1 aromatic rings. The van der Waals surface area contributed by atoms with Crippen LogP contribution in [0.3, 0.4) is 0 Å². The fourth-order valence-corrected chi connectivity index (χ4v) is 2.06. The van der Waals surface area contributed by atoms with E-state index in [1.165, 1.54) is 0 Å². The minimum absolute atomic E-state index is 0.122. The van der Waals surface area contributed by atoms with E-state index >= 15 is 0 Å². The van der Waals surface area contributed by atoms with Gasteiger partial charge in [0.15, 0.2) is 0 Å². The first-order valence-electron chi connectivity index (χ1n) is 6.91. The number of methoxy groups -OCH3 is 1. The Balaban J connectivity index is 1.76. The number of ketones is 1. The van der Waals surface area contributed by atoms with Gasteiger partial charge in [0.05, 0.1) is 13.7 Å². The van der Waals surface area contributed by atoms with Gasteiger partial charge >= 0.3 is 0 Å². The highest BCUT2D eigenvalue weighted by Crippen LogP contribution is 2.14. The monoisotopic (exact) mass is 289 g/mol. The number of benzene rings is 1. The Bertz CT molecular complexity index is 538. The first-order chi connectivity index (χ1) is 10.2. The van der Waals surface area contributed by atoms with E-state index in [9.17, 15) is 9.59 Å². The van der Waals surface area contributed by atoms with Gasteiger partial charge in [-0.1, -0.05) is 0 Å². The van der Waals surface area contributed by atoms with Crippen LogP contribution in [0.15, 0.2) is 29.4 Å². The largest absolute Gasteiger partial charge is 0.497 e. The maximum absolute atomic E-state index is 11.7. The predicted molar refractivity (Wildman–Crippen MR) is 80.5 cm³/mol. The molecule has 112 valence electrons. The van der Waals surface area contributed by atoms with Crippen molar-refractivity contribution in [2.24, 2.45) is 5.10 Å². The molecule has 0 aliphatic heterocycles. The number of carbonyl (C=O) groups excluding carboxylic acids is 2. The zero-order valence-corrected chi connectivity index (χ0v) is 12.0. The van der Waals surface area contributed by atoms with Crippen molar-refractivity contribution in [2.75, 3.05) is 19.0 Å². The van der Waals surface area contributed by atoms with E-state index in [-0.39, 0.29) is 18.2 Å². The molecule has 2 N–H and O–H groups in total. The van der Waals surface area contributed by atoms with Gasteiger partial charge in [0, 0.05) is 24.2 Å². The van der Waals surface area contributed by atoms with Crippen molar-refractivity contribution >= 4 is 23.1 Å². The Kier molecular flexibility index (Phi) is 5.31. The fourth-order valence-electron chi connectivity index (χ4n) is 2.06. The lowest BCUT2D eigenvalue weighted by Gasteiger charge is -2.11. The summed E-state index contributed by atoms with van der Waals surface area (Å²) in [6.07, 6.45) is 2.56. The first-order valence-corrected chi connectivity index (χ1v) is 6.91. The number of carbonyl (C=O) groups is 2. The van der Waals surface area contributed by atoms with Crippen LogP contribution in [-0.2, 0) is 9.59 Å². The summed E-state index contributed by atoms with van der Waals surface area (Å²) in [6, 6.07) is 7.29. The van der Waals surface area contributed by atoms with Crippen LogP contribution in [0.4, 0.5) is 5.69 Å². The van der Waals surface area contributed by atoms with Crippen LogP contribution in [0.25, 0.3) is 0 Å². The summed E-state index contributed by atoms with van der Waals surface area (Å²) in [6.45, 7) is 0.122. The zero-order chi connectivity index (χ0) is 15.1. The van der Waals surface area contributed by atoms with Crippen molar-refractivity contribution in [3.05, 3.63) is 24.3 Å². The molecule has 0 heterocycles. The van der Waals surface area contributed by atoms with Gasteiger partial charge in [-0.05, 0) is 37.1 Å². The predicted octanol–water partition coefficient (Wildman–Crippen LogP) is 1.72. The molecule has 6 heteroatoms. The highest BCUT2D eigenvalue weighted by molar-refractivity contribution is 6.04. The van der Waals surface area contributed by atoms with E-state index in [0.29, 0.717) is 12.8 Å². The minimum atomic E-state index is -0.239. The number of amides is 1. The number of rotatable bonds is 5. The van der Waals surface area contributed by atoms with Crippen LogP contribution in [0.1, 0.15) is 25.7 Å². The van der Waals surface area contributed by atoms with Crippen molar-refractivity contribution in [1.29, 1.82) is 0 Å². The molecule has 1 fully saturated rings. The summed E-state index contributed by atoms with van der Waals surface area (Å²) in [4.78, 5) is 22.9. The number of ether oxygens (including phenoxy) is 1. The van der Waals surface area contributed by atoms with E-state index in [1.54, 1.807) is 7.11 Å². The molecule has 21 heavy (non-hydrogen) atoms. The number of Topliss-reactive ketones (excluding diaryl/α,β-unsaturated/α-hetero) is 1. The molecule has 0 spiro atoms. The normalized spacial score (nSPS) is 16.6.